The van der Waals surface area contributed by atoms with Crippen molar-refractivity contribution in [3.8, 4) is 5.69 Å². The van der Waals surface area contributed by atoms with Crippen LogP contribution in [-0.4, -0.2) is 22.1 Å². The number of nitrogens with zero attached hydrogens (tertiary/aromatic N) is 2. The van der Waals surface area contributed by atoms with Crippen LogP contribution in [0.1, 0.15) is 36.6 Å². The van der Waals surface area contributed by atoms with Crippen LogP contribution in [0.15, 0.2) is 30.5 Å². The molecule has 0 unspecified atom stereocenters. The van der Waals surface area contributed by atoms with Gasteiger partial charge >= 0.3 is 5.97 Å². The van der Waals surface area contributed by atoms with Crippen molar-refractivity contribution >= 4 is 17.6 Å². The highest BCUT2D eigenvalue weighted by Crippen LogP contribution is 2.17. The average molecular weight is 293 g/mol. The van der Waals surface area contributed by atoms with Crippen LogP contribution in [0.25, 0.3) is 5.69 Å². The van der Waals surface area contributed by atoms with Gasteiger partial charge in [0.05, 0.1) is 6.61 Å². The summed E-state index contributed by atoms with van der Waals surface area (Å²) in [6, 6.07) is 7.43. The summed E-state index contributed by atoms with van der Waals surface area (Å²) in [4.78, 5) is 16.2. The molecule has 1 aromatic heterocycles. The van der Waals surface area contributed by atoms with Crippen LogP contribution < -0.4 is 0 Å². The Kier molecular flexibility index (Phi) is 4.79. The number of esters is 1. The Balaban J connectivity index is 2.39. The Labute approximate surface area is 123 Å². The molecule has 0 saturated carbocycles. The van der Waals surface area contributed by atoms with Crippen molar-refractivity contribution in [1.82, 2.24) is 9.55 Å². The van der Waals surface area contributed by atoms with Gasteiger partial charge in [-0.3, -0.25) is 0 Å². The molecule has 0 amide bonds. The maximum Gasteiger partial charge on any atom is 0.358 e. The average Bonchev–Trinajstić information content (AvgIpc) is 2.84. The first-order valence-corrected chi connectivity index (χ1v) is 7.04. The predicted octanol–water partition coefficient (Wildman–Crippen LogP) is 3.65. The number of aryl methyl sites for hydroxylation is 1. The van der Waals surface area contributed by atoms with E-state index >= 15 is 0 Å². The lowest BCUT2D eigenvalue weighted by molar-refractivity contribution is 0.0520. The molecule has 106 valence electrons. The van der Waals surface area contributed by atoms with E-state index in [1.165, 1.54) is 0 Å². The Morgan fingerprint density at radius 3 is 2.60 bits per heavy atom. The maximum absolute atomic E-state index is 11.8. The van der Waals surface area contributed by atoms with Crippen molar-refractivity contribution in [3.05, 3.63) is 47.0 Å². The molecule has 0 aliphatic heterocycles. The molecule has 0 spiro atoms. The predicted molar refractivity (Wildman–Crippen MR) is 78.5 cm³/mol. The molecule has 5 heteroatoms. The van der Waals surface area contributed by atoms with Gasteiger partial charge in [0, 0.05) is 23.3 Å². The van der Waals surface area contributed by atoms with Gasteiger partial charge in [0.1, 0.15) is 5.82 Å². The highest BCUT2D eigenvalue weighted by atomic mass is 35.5. The number of imidazole rings is 1. The Morgan fingerprint density at radius 1 is 1.30 bits per heavy atom. The van der Waals surface area contributed by atoms with Gasteiger partial charge in [0.15, 0.2) is 5.69 Å². The van der Waals surface area contributed by atoms with Crippen LogP contribution in [-0.2, 0) is 11.2 Å². The molecule has 0 aliphatic carbocycles. The lowest BCUT2D eigenvalue weighted by atomic mass is 10.3. The molecule has 0 N–H and O–H groups in total. The fourth-order valence-electron chi connectivity index (χ4n) is 1.95. The van der Waals surface area contributed by atoms with E-state index in [0.717, 1.165) is 24.4 Å². The summed E-state index contributed by atoms with van der Waals surface area (Å²) in [5.74, 6) is 0.454. The minimum Gasteiger partial charge on any atom is -0.461 e. The number of carbonyl (C=O) groups is 1. The molecule has 0 radical (unpaired) electrons. The van der Waals surface area contributed by atoms with Crippen LogP contribution in [0.2, 0.25) is 5.02 Å². The van der Waals surface area contributed by atoms with Crippen LogP contribution in [0, 0.1) is 0 Å². The van der Waals surface area contributed by atoms with Crippen molar-refractivity contribution in [1.29, 1.82) is 0 Å². The van der Waals surface area contributed by atoms with Crippen LogP contribution in [0.4, 0.5) is 0 Å². The molecule has 2 aromatic rings. The van der Waals surface area contributed by atoms with E-state index in [4.69, 9.17) is 16.3 Å². The summed E-state index contributed by atoms with van der Waals surface area (Å²) in [6.45, 7) is 4.20. The number of aromatic nitrogens is 2. The smallest absolute Gasteiger partial charge is 0.358 e. The molecular formula is C15H17ClN2O2. The fourth-order valence-corrected chi connectivity index (χ4v) is 2.07. The van der Waals surface area contributed by atoms with Gasteiger partial charge in [-0.05, 0) is 37.6 Å². The second-order valence-electron chi connectivity index (χ2n) is 4.36. The lowest BCUT2D eigenvalue weighted by Gasteiger charge is -2.06. The first-order chi connectivity index (χ1) is 9.65. The summed E-state index contributed by atoms with van der Waals surface area (Å²) in [7, 11) is 0. The standard InChI is InChI=1S/C15H17ClN2O2/c1-3-5-14-17-13(15(19)20-4-2)10-18(14)12-8-6-11(16)7-9-12/h6-10H,3-5H2,1-2H3. The van der Waals surface area contributed by atoms with Gasteiger partial charge in [-0.1, -0.05) is 18.5 Å². The SMILES string of the molecule is CCCc1nc(C(=O)OCC)cn1-c1ccc(Cl)cc1. The van der Waals surface area contributed by atoms with E-state index in [1.54, 1.807) is 13.1 Å². The van der Waals surface area contributed by atoms with Gasteiger partial charge in [-0.25, -0.2) is 9.78 Å². The third-order valence-electron chi connectivity index (χ3n) is 2.84. The molecule has 0 aliphatic rings. The van der Waals surface area contributed by atoms with Crippen molar-refractivity contribution in [3.63, 3.8) is 0 Å². The normalized spacial score (nSPS) is 10.6. The van der Waals surface area contributed by atoms with E-state index in [9.17, 15) is 4.79 Å². The Bertz CT molecular complexity index is 590. The lowest BCUT2D eigenvalue weighted by Crippen LogP contribution is -2.04. The third-order valence-corrected chi connectivity index (χ3v) is 3.09. The molecule has 1 aromatic carbocycles. The number of halogens is 1. The van der Waals surface area contributed by atoms with Gasteiger partial charge < -0.3 is 9.30 Å². The molecule has 4 nitrogen and oxygen atoms in total. The van der Waals surface area contributed by atoms with Crippen molar-refractivity contribution in [2.24, 2.45) is 0 Å². The zero-order valence-corrected chi connectivity index (χ0v) is 12.4. The van der Waals surface area contributed by atoms with E-state index in [2.05, 4.69) is 11.9 Å². The molecule has 1 heterocycles. The zero-order valence-electron chi connectivity index (χ0n) is 11.6. The molecule has 0 atom stereocenters. The minimum atomic E-state index is -0.391. The minimum absolute atomic E-state index is 0.338. The first kappa shape index (κ1) is 14.6. The highest BCUT2D eigenvalue weighted by molar-refractivity contribution is 6.30. The summed E-state index contributed by atoms with van der Waals surface area (Å²) >= 11 is 5.90. The highest BCUT2D eigenvalue weighted by Gasteiger charge is 2.15. The van der Waals surface area contributed by atoms with Gasteiger partial charge in [-0.15, -0.1) is 0 Å². The number of ether oxygens (including phenoxy) is 1. The molecular weight excluding hydrogens is 276 g/mol. The van der Waals surface area contributed by atoms with Crippen molar-refractivity contribution < 1.29 is 9.53 Å². The topological polar surface area (TPSA) is 44.1 Å². The molecule has 0 saturated heterocycles. The van der Waals surface area contributed by atoms with Crippen LogP contribution in [0.5, 0.6) is 0 Å². The van der Waals surface area contributed by atoms with E-state index in [0.29, 0.717) is 17.3 Å². The number of benzene rings is 1. The molecule has 0 bridgehead atoms. The molecule has 0 fully saturated rings. The summed E-state index contributed by atoms with van der Waals surface area (Å²) in [6.07, 6.45) is 3.46. The third kappa shape index (κ3) is 3.20. The molecule has 20 heavy (non-hydrogen) atoms. The van der Waals surface area contributed by atoms with Crippen molar-refractivity contribution in [2.75, 3.05) is 6.61 Å². The number of carbonyl (C=O) groups excluding carboxylic acids is 1. The number of hydrogen-bond acceptors (Lipinski definition) is 3. The van der Waals surface area contributed by atoms with E-state index in [1.807, 2.05) is 28.8 Å². The quantitative estimate of drug-likeness (QED) is 0.790. The van der Waals surface area contributed by atoms with Gasteiger partial charge in [0.2, 0.25) is 0 Å². The second-order valence-corrected chi connectivity index (χ2v) is 4.80. The second kappa shape index (κ2) is 6.57. The van der Waals surface area contributed by atoms with Crippen LogP contribution in [0.3, 0.4) is 0 Å². The monoisotopic (exact) mass is 292 g/mol. The zero-order chi connectivity index (χ0) is 14.5. The van der Waals surface area contributed by atoms with E-state index < -0.39 is 5.97 Å². The first-order valence-electron chi connectivity index (χ1n) is 6.67. The fraction of sp³-hybridized carbons (Fsp3) is 0.333. The molecule has 2 rings (SSSR count). The number of hydrogen-bond donors (Lipinski definition) is 0. The summed E-state index contributed by atoms with van der Waals surface area (Å²) in [5, 5.41) is 0.677. The summed E-state index contributed by atoms with van der Waals surface area (Å²) < 4.78 is 6.90. The Hall–Kier alpha value is -1.81. The summed E-state index contributed by atoms with van der Waals surface area (Å²) in [5.41, 5.74) is 1.27. The van der Waals surface area contributed by atoms with Gasteiger partial charge in [0.25, 0.3) is 0 Å². The Morgan fingerprint density at radius 2 is 2.00 bits per heavy atom. The maximum atomic E-state index is 11.8. The van der Waals surface area contributed by atoms with Crippen LogP contribution >= 0.6 is 11.6 Å². The van der Waals surface area contributed by atoms with Crippen molar-refractivity contribution in [2.45, 2.75) is 26.7 Å². The number of rotatable bonds is 5. The van der Waals surface area contributed by atoms with E-state index in [-0.39, 0.29) is 0 Å². The van der Waals surface area contributed by atoms with Gasteiger partial charge in [-0.2, -0.15) is 0 Å². The largest absolute Gasteiger partial charge is 0.461 e.